The van der Waals surface area contributed by atoms with E-state index in [4.69, 9.17) is 5.73 Å². The topological polar surface area (TPSA) is 194 Å². The van der Waals surface area contributed by atoms with Gasteiger partial charge in [-0.25, -0.2) is 0 Å². The number of phenolic OH excluding ortho intramolecular Hbond substituents is 1. The highest BCUT2D eigenvalue weighted by Gasteiger charge is 2.63. The summed E-state index contributed by atoms with van der Waals surface area (Å²) < 4.78 is 0. The average molecular weight is 557 g/mol. The number of Topliss-reactive ketones (excluding diaryl/α,β-unsaturated/α-hetero) is 2. The van der Waals surface area contributed by atoms with E-state index >= 15 is 0 Å². The maximum absolute atomic E-state index is 14.0. The van der Waals surface area contributed by atoms with Gasteiger partial charge < -0.3 is 36.4 Å². The largest absolute Gasteiger partial charge is 0.510 e. The number of nitrogens with one attached hydrogen (secondary N) is 1. The van der Waals surface area contributed by atoms with Crippen LogP contribution in [0.25, 0.3) is 0 Å². The number of benzene rings is 1. The van der Waals surface area contributed by atoms with Crippen LogP contribution in [0.1, 0.15) is 53.5 Å². The number of rotatable bonds is 4. The number of aromatic hydroxyl groups is 1. The summed E-state index contributed by atoms with van der Waals surface area (Å²) in [4.78, 5) is 55.9. The highest BCUT2D eigenvalue weighted by Crippen LogP contribution is 2.53. The van der Waals surface area contributed by atoms with E-state index in [1.165, 1.54) is 11.0 Å². The van der Waals surface area contributed by atoms with Crippen LogP contribution in [-0.2, 0) is 16.0 Å². The van der Waals surface area contributed by atoms with Crippen molar-refractivity contribution in [2.45, 2.75) is 50.8 Å². The molecule has 1 aromatic rings. The third kappa shape index (κ3) is 4.13. The standard InChI is InChI=1S/C28H36N4O8/c1-27(2,3)30-26(39)13-10-15(31(4)5)12-8-11-9-14-19(32(6)7)22(35)18(25(29)38)24(37)28(14,40)23(36)16(11)21(34)17(12)20(13)33/h10-11,14,19,33,35-36,40H,8-9H2,1-7H3,(H2,29,38)(H,30,39)/t11-,14-,19+,28-/m0/s1. The Hall–Kier alpha value is -3.90. The monoisotopic (exact) mass is 556 g/mol. The molecule has 0 heterocycles. The Morgan fingerprint density at radius 2 is 1.70 bits per heavy atom. The third-order valence-corrected chi connectivity index (χ3v) is 7.91. The van der Waals surface area contributed by atoms with Crippen molar-refractivity contribution in [2.24, 2.45) is 17.6 Å². The number of fused-ring (bicyclic) bond motifs is 3. The predicted octanol–water partition coefficient (Wildman–Crippen LogP) is 0.715. The summed E-state index contributed by atoms with van der Waals surface area (Å²) in [5.41, 5.74) is 1.41. The number of carbonyl (C=O) groups is 4. The van der Waals surface area contributed by atoms with Crippen molar-refractivity contribution in [3.63, 3.8) is 0 Å². The summed E-state index contributed by atoms with van der Waals surface area (Å²) in [7, 11) is 6.58. The fourth-order valence-electron chi connectivity index (χ4n) is 6.28. The lowest BCUT2D eigenvalue weighted by Gasteiger charge is -2.50. The lowest BCUT2D eigenvalue weighted by molar-refractivity contribution is -0.148. The fourth-order valence-corrected chi connectivity index (χ4v) is 6.28. The molecule has 4 atom stereocenters. The number of allylic oxidation sites excluding steroid dienone is 1. The molecular formula is C28H36N4O8. The molecule has 2 amide bonds. The van der Waals surface area contributed by atoms with Crippen molar-refractivity contribution in [3.8, 4) is 5.75 Å². The van der Waals surface area contributed by atoms with Crippen LogP contribution in [0.3, 0.4) is 0 Å². The Labute approximate surface area is 231 Å². The van der Waals surface area contributed by atoms with Crippen LogP contribution < -0.4 is 16.0 Å². The molecule has 4 rings (SSSR count). The molecule has 0 spiro atoms. The van der Waals surface area contributed by atoms with Gasteiger partial charge in [-0.15, -0.1) is 0 Å². The van der Waals surface area contributed by atoms with E-state index in [1.807, 2.05) is 0 Å². The van der Waals surface area contributed by atoms with Gasteiger partial charge in [0.1, 0.15) is 22.8 Å². The number of ketones is 2. The SMILES string of the molecule is CN(C)c1cc(C(=O)NC(C)(C)C)c(O)c2c1C[C@H]1C[C@H]3[C@@H](N(C)C)C(O)=C(C(N)=O)C(=O)[C@@]3(O)C(O)=C1C2=O. The lowest BCUT2D eigenvalue weighted by Crippen LogP contribution is -2.63. The fraction of sp³-hybridized carbons (Fsp3) is 0.500. The van der Waals surface area contributed by atoms with E-state index in [0.29, 0.717) is 11.3 Å². The van der Waals surface area contributed by atoms with E-state index in [2.05, 4.69) is 5.32 Å². The molecule has 40 heavy (non-hydrogen) atoms. The average Bonchev–Trinajstić information content (AvgIpc) is 2.79. The number of hydrogen-bond donors (Lipinski definition) is 6. The summed E-state index contributed by atoms with van der Waals surface area (Å²) >= 11 is 0. The summed E-state index contributed by atoms with van der Waals surface area (Å²) in [6.07, 6.45) is 0.0996. The van der Waals surface area contributed by atoms with Crippen LogP contribution in [0, 0.1) is 11.8 Å². The van der Waals surface area contributed by atoms with Crippen LogP contribution >= 0.6 is 0 Å². The number of aliphatic hydroxyl groups is 3. The number of nitrogens with two attached hydrogens (primary N) is 1. The Morgan fingerprint density at radius 3 is 2.20 bits per heavy atom. The number of carbonyl (C=O) groups excluding carboxylic acids is 4. The Bertz CT molecular complexity index is 1420. The van der Waals surface area contributed by atoms with E-state index in [0.717, 1.165) is 0 Å². The first-order valence-electron chi connectivity index (χ1n) is 12.9. The maximum Gasteiger partial charge on any atom is 0.255 e. The van der Waals surface area contributed by atoms with Crippen molar-refractivity contribution in [1.29, 1.82) is 0 Å². The Morgan fingerprint density at radius 1 is 1.10 bits per heavy atom. The van der Waals surface area contributed by atoms with E-state index in [-0.39, 0.29) is 29.5 Å². The smallest absolute Gasteiger partial charge is 0.255 e. The van der Waals surface area contributed by atoms with Crippen LogP contribution in [0.2, 0.25) is 0 Å². The maximum atomic E-state index is 14.0. The molecule has 12 heteroatoms. The molecule has 0 bridgehead atoms. The predicted molar refractivity (Wildman–Crippen MR) is 145 cm³/mol. The van der Waals surface area contributed by atoms with Crippen molar-refractivity contribution in [3.05, 3.63) is 45.4 Å². The molecule has 216 valence electrons. The zero-order valence-corrected chi connectivity index (χ0v) is 23.6. The van der Waals surface area contributed by atoms with Gasteiger partial charge in [-0.05, 0) is 65.3 Å². The minimum atomic E-state index is -2.73. The third-order valence-electron chi connectivity index (χ3n) is 7.91. The summed E-state index contributed by atoms with van der Waals surface area (Å²) in [6.45, 7) is 5.29. The Kier molecular flexibility index (Phi) is 6.79. The van der Waals surface area contributed by atoms with Gasteiger partial charge in [0, 0.05) is 36.8 Å². The van der Waals surface area contributed by atoms with Gasteiger partial charge in [0.05, 0.1) is 17.2 Å². The van der Waals surface area contributed by atoms with Gasteiger partial charge in [-0.3, -0.25) is 24.1 Å². The van der Waals surface area contributed by atoms with E-state index < -0.39 is 75.2 Å². The van der Waals surface area contributed by atoms with Crippen LogP contribution in [0.15, 0.2) is 28.7 Å². The first kappa shape index (κ1) is 29.1. The second kappa shape index (κ2) is 9.34. The highest BCUT2D eigenvalue weighted by molar-refractivity contribution is 6.25. The number of amides is 2. The second-order valence-corrected chi connectivity index (χ2v) is 12.2. The number of anilines is 1. The summed E-state index contributed by atoms with van der Waals surface area (Å²) in [6, 6.07) is 0.423. The first-order valence-corrected chi connectivity index (χ1v) is 12.9. The minimum Gasteiger partial charge on any atom is -0.510 e. The molecule has 0 saturated carbocycles. The molecule has 1 aromatic carbocycles. The molecule has 0 radical (unpaired) electrons. The quantitative estimate of drug-likeness (QED) is 0.288. The molecule has 12 nitrogen and oxygen atoms in total. The molecule has 0 fully saturated rings. The van der Waals surface area contributed by atoms with Gasteiger partial charge in [-0.2, -0.15) is 0 Å². The summed E-state index contributed by atoms with van der Waals surface area (Å²) in [5, 5.41) is 48.1. The van der Waals surface area contributed by atoms with Crippen LogP contribution in [0.5, 0.6) is 5.75 Å². The van der Waals surface area contributed by atoms with Gasteiger partial charge in [0.25, 0.3) is 11.8 Å². The highest BCUT2D eigenvalue weighted by atomic mass is 16.3. The molecule has 3 aliphatic rings. The zero-order chi connectivity index (χ0) is 30.2. The van der Waals surface area contributed by atoms with Gasteiger partial charge >= 0.3 is 0 Å². The lowest BCUT2D eigenvalue weighted by atomic mass is 9.58. The number of nitrogens with zero attached hydrogens (tertiary/aromatic N) is 2. The normalized spacial score (nSPS) is 26.4. The van der Waals surface area contributed by atoms with Crippen LogP contribution in [-0.4, -0.2) is 94.1 Å². The molecular weight excluding hydrogens is 520 g/mol. The second-order valence-electron chi connectivity index (χ2n) is 12.2. The van der Waals surface area contributed by atoms with Crippen molar-refractivity contribution < 1.29 is 39.6 Å². The molecule has 3 aliphatic carbocycles. The van der Waals surface area contributed by atoms with Crippen molar-refractivity contribution >= 4 is 29.1 Å². The number of hydrogen-bond acceptors (Lipinski definition) is 10. The molecule has 7 N–H and O–H groups in total. The van der Waals surface area contributed by atoms with Gasteiger partial charge in [0.2, 0.25) is 5.78 Å². The molecule has 0 aliphatic heterocycles. The first-order chi connectivity index (χ1) is 18.3. The Balaban J connectivity index is 1.97. The van der Waals surface area contributed by atoms with Gasteiger partial charge in [-0.1, -0.05) is 0 Å². The summed E-state index contributed by atoms with van der Waals surface area (Å²) in [5.74, 6) is -8.06. The number of phenols is 1. The minimum absolute atomic E-state index is 0.0222. The van der Waals surface area contributed by atoms with Crippen LogP contribution in [0.4, 0.5) is 5.69 Å². The molecule has 0 saturated heterocycles. The number of likely N-dealkylation sites (N-methyl/N-ethyl adjacent to an activating group) is 1. The molecule has 0 unspecified atom stereocenters. The van der Waals surface area contributed by atoms with E-state index in [9.17, 15) is 39.6 Å². The van der Waals surface area contributed by atoms with E-state index in [1.54, 1.807) is 53.9 Å². The number of primary amides is 1. The zero-order valence-electron chi connectivity index (χ0n) is 23.6. The molecule has 0 aromatic heterocycles. The van der Waals surface area contributed by atoms with Crippen molar-refractivity contribution in [1.82, 2.24) is 10.2 Å². The number of aliphatic hydroxyl groups excluding tert-OH is 2. The van der Waals surface area contributed by atoms with Crippen molar-refractivity contribution in [2.75, 3.05) is 33.1 Å². The van der Waals surface area contributed by atoms with Gasteiger partial charge in [0.15, 0.2) is 11.4 Å².